The van der Waals surface area contributed by atoms with Crippen LogP contribution in [0.5, 0.6) is 0 Å². The summed E-state index contributed by atoms with van der Waals surface area (Å²) in [5, 5.41) is 4.24. The average molecular weight is 433 g/mol. The smallest absolute Gasteiger partial charge is 0.240 e. The van der Waals surface area contributed by atoms with Gasteiger partial charge in [0, 0.05) is 32.3 Å². The van der Waals surface area contributed by atoms with E-state index in [1.807, 2.05) is 12.1 Å². The molecule has 0 aliphatic carbocycles. The highest BCUT2D eigenvalue weighted by Gasteiger charge is 2.37. The zero-order valence-electron chi connectivity index (χ0n) is 15.1. The fourth-order valence-electron chi connectivity index (χ4n) is 3.50. The van der Waals surface area contributed by atoms with Crippen molar-refractivity contribution >= 4 is 57.4 Å². The third-order valence-corrected chi connectivity index (χ3v) is 6.32. The first kappa shape index (κ1) is 22.2. The van der Waals surface area contributed by atoms with Crippen molar-refractivity contribution in [1.82, 2.24) is 10.3 Å². The van der Waals surface area contributed by atoms with Gasteiger partial charge in [0.15, 0.2) is 5.13 Å². The van der Waals surface area contributed by atoms with Crippen LogP contribution >= 0.6 is 36.2 Å². The molecule has 1 aromatic heterocycles. The fourth-order valence-corrected chi connectivity index (χ4v) is 4.52. The Hall–Kier alpha value is -1.12. The summed E-state index contributed by atoms with van der Waals surface area (Å²) in [6.07, 6.45) is 3.05. The van der Waals surface area contributed by atoms with Gasteiger partial charge in [-0.3, -0.25) is 4.79 Å². The SMILES string of the molecule is Cl.Cl.NC1(C(=O)NC2CCN(c3nc4ccccc4s3)CC2)CCOCC1. The maximum absolute atomic E-state index is 12.5. The second-order valence-electron chi connectivity index (χ2n) is 6.97. The summed E-state index contributed by atoms with van der Waals surface area (Å²) in [5.74, 6) is -0.0192. The van der Waals surface area contributed by atoms with Crippen LogP contribution in [0.2, 0.25) is 0 Å². The number of fused-ring (bicyclic) bond motifs is 1. The van der Waals surface area contributed by atoms with Gasteiger partial charge in [0.05, 0.1) is 15.8 Å². The number of hydrogen-bond acceptors (Lipinski definition) is 6. The topological polar surface area (TPSA) is 80.5 Å². The van der Waals surface area contributed by atoms with Gasteiger partial charge in [-0.15, -0.1) is 24.8 Å². The molecule has 6 nitrogen and oxygen atoms in total. The number of anilines is 1. The number of thiazole rings is 1. The number of aromatic nitrogens is 1. The molecule has 2 aliphatic heterocycles. The molecule has 150 valence electrons. The number of amides is 1. The van der Waals surface area contributed by atoms with Crippen LogP contribution in [0.15, 0.2) is 24.3 Å². The van der Waals surface area contributed by atoms with E-state index in [1.54, 1.807) is 11.3 Å². The van der Waals surface area contributed by atoms with Crippen molar-refractivity contribution in [3.05, 3.63) is 24.3 Å². The predicted molar refractivity (Wildman–Crippen MR) is 114 cm³/mol. The number of carbonyl (C=O) groups is 1. The highest BCUT2D eigenvalue weighted by molar-refractivity contribution is 7.22. The number of halogens is 2. The fraction of sp³-hybridized carbons (Fsp3) is 0.556. The van der Waals surface area contributed by atoms with Gasteiger partial charge in [0.25, 0.3) is 0 Å². The van der Waals surface area contributed by atoms with Crippen LogP contribution in [0, 0.1) is 0 Å². The maximum atomic E-state index is 12.5. The zero-order valence-corrected chi connectivity index (χ0v) is 17.5. The molecule has 2 aromatic rings. The Morgan fingerprint density at radius 1 is 1.22 bits per heavy atom. The summed E-state index contributed by atoms with van der Waals surface area (Å²) in [6, 6.07) is 8.42. The van der Waals surface area contributed by atoms with Crippen LogP contribution in [0.25, 0.3) is 10.2 Å². The second-order valence-corrected chi connectivity index (χ2v) is 7.98. The number of nitrogens with one attached hydrogen (secondary N) is 1. The lowest BCUT2D eigenvalue weighted by Gasteiger charge is -2.36. The summed E-state index contributed by atoms with van der Waals surface area (Å²) in [4.78, 5) is 19.6. The van der Waals surface area contributed by atoms with Gasteiger partial charge in [0.2, 0.25) is 5.91 Å². The quantitative estimate of drug-likeness (QED) is 0.778. The third-order valence-electron chi connectivity index (χ3n) is 5.22. The Kier molecular flexibility index (Phi) is 7.71. The van der Waals surface area contributed by atoms with Crippen molar-refractivity contribution in [1.29, 1.82) is 0 Å². The van der Waals surface area contributed by atoms with Crippen molar-refractivity contribution in [3.8, 4) is 0 Å². The molecule has 0 saturated carbocycles. The second kappa shape index (κ2) is 9.39. The lowest BCUT2D eigenvalue weighted by Crippen LogP contribution is -2.59. The van der Waals surface area contributed by atoms with E-state index in [0.717, 1.165) is 36.6 Å². The van der Waals surface area contributed by atoms with Crippen LogP contribution in [-0.2, 0) is 9.53 Å². The molecule has 0 spiro atoms. The van der Waals surface area contributed by atoms with Crippen LogP contribution in [-0.4, -0.2) is 48.8 Å². The molecule has 1 aromatic carbocycles. The lowest BCUT2D eigenvalue weighted by molar-refractivity contribution is -0.130. The minimum absolute atomic E-state index is 0. The Balaban J connectivity index is 0.00000131. The number of para-hydroxylation sites is 1. The molecule has 2 aliphatic rings. The molecule has 3 heterocycles. The minimum atomic E-state index is -0.761. The average Bonchev–Trinajstić information content (AvgIpc) is 3.07. The largest absolute Gasteiger partial charge is 0.381 e. The van der Waals surface area contributed by atoms with Gasteiger partial charge in [-0.25, -0.2) is 4.98 Å². The molecule has 0 atom stereocenters. The van der Waals surface area contributed by atoms with Gasteiger partial charge < -0.3 is 20.7 Å². The molecule has 27 heavy (non-hydrogen) atoms. The number of ether oxygens (including phenoxy) is 1. The monoisotopic (exact) mass is 432 g/mol. The van der Waals surface area contributed by atoms with Gasteiger partial charge in [0.1, 0.15) is 0 Å². The number of hydrogen-bond donors (Lipinski definition) is 2. The minimum Gasteiger partial charge on any atom is -0.381 e. The van der Waals surface area contributed by atoms with Crippen molar-refractivity contribution < 1.29 is 9.53 Å². The molecule has 4 rings (SSSR count). The molecule has 0 radical (unpaired) electrons. The highest BCUT2D eigenvalue weighted by atomic mass is 35.5. The van der Waals surface area contributed by atoms with Gasteiger partial charge in [-0.05, 0) is 37.8 Å². The summed E-state index contributed by atoms with van der Waals surface area (Å²) in [5.41, 5.74) is 6.57. The van der Waals surface area contributed by atoms with E-state index in [0.29, 0.717) is 26.1 Å². The van der Waals surface area contributed by atoms with E-state index in [2.05, 4.69) is 22.3 Å². The first-order valence-corrected chi connectivity index (χ1v) is 9.74. The van der Waals surface area contributed by atoms with E-state index in [1.165, 1.54) is 4.70 Å². The van der Waals surface area contributed by atoms with Crippen LogP contribution in [0.3, 0.4) is 0 Å². The highest BCUT2D eigenvalue weighted by Crippen LogP contribution is 2.30. The van der Waals surface area contributed by atoms with Crippen LogP contribution in [0.4, 0.5) is 5.13 Å². The van der Waals surface area contributed by atoms with Crippen molar-refractivity contribution in [3.63, 3.8) is 0 Å². The van der Waals surface area contributed by atoms with Gasteiger partial charge in [-0.1, -0.05) is 23.5 Å². The summed E-state index contributed by atoms with van der Waals surface area (Å²) in [7, 11) is 0. The molecule has 1 amide bonds. The van der Waals surface area contributed by atoms with E-state index in [4.69, 9.17) is 15.5 Å². The summed E-state index contributed by atoms with van der Waals surface area (Å²) >= 11 is 1.73. The van der Waals surface area contributed by atoms with E-state index in [-0.39, 0.29) is 36.8 Å². The van der Waals surface area contributed by atoms with Crippen molar-refractivity contribution in [2.75, 3.05) is 31.2 Å². The first-order valence-electron chi connectivity index (χ1n) is 8.92. The molecule has 2 saturated heterocycles. The lowest BCUT2D eigenvalue weighted by atomic mass is 9.89. The van der Waals surface area contributed by atoms with Crippen LogP contribution < -0.4 is 16.0 Å². The Bertz CT molecular complexity index is 726. The summed E-state index contributed by atoms with van der Waals surface area (Å²) < 4.78 is 6.54. The molecule has 9 heteroatoms. The zero-order chi connectivity index (χ0) is 17.3. The maximum Gasteiger partial charge on any atom is 0.240 e. The van der Waals surface area contributed by atoms with Crippen molar-refractivity contribution in [2.45, 2.75) is 37.3 Å². The van der Waals surface area contributed by atoms with E-state index >= 15 is 0 Å². The van der Waals surface area contributed by atoms with Crippen LogP contribution in [0.1, 0.15) is 25.7 Å². The number of piperidine rings is 1. The van der Waals surface area contributed by atoms with E-state index < -0.39 is 5.54 Å². The first-order chi connectivity index (χ1) is 12.1. The number of benzene rings is 1. The molecule has 2 fully saturated rings. The number of rotatable bonds is 3. The number of carbonyl (C=O) groups excluding carboxylic acids is 1. The third kappa shape index (κ3) is 4.84. The molecule has 3 N–H and O–H groups in total. The molecular formula is C18H26Cl2N4O2S. The van der Waals surface area contributed by atoms with Gasteiger partial charge in [-0.2, -0.15) is 0 Å². The van der Waals surface area contributed by atoms with Gasteiger partial charge >= 0.3 is 0 Å². The number of nitrogens with zero attached hydrogens (tertiary/aromatic N) is 2. The standard InChI is InChI=1S/C18H24N4O2S.2ClH/c19-18(7-11-24-12-8-18)16(23)20-13-5-9-22(10-6-13)17-21-14-3-1-2-4-15(14)25-17;;/h1-4,13H,5-12,19H2,(H,20,23);2*1H. The molecular weight excluding hydrogens is 407 g/mol. The normalized spacial score (nSPS) is 19.8. The Morgan fingerprint density at radius 3 is 2.56 bits per heavy atom. The predicted octanol–water partition coefficient (Wildman–Crippen LogP) is 2.73. The Morgan fingerprint density at radius 2 is 1.89 bits per heavy atom. The summed E-state index contributed by atoms with van der Waals surface area (Å²) in [6.45, 7) is 2.96. The van der Waals surface area contributed by atoms with Crippen molar-refractivity contribution in [2.24, 2.45) is 5.73 Å². The van der Waals surface area contributed by atoms with E-state index in [9.17, 15) is 4.79 Å². The molecule has 0 bridgehead atoms. The Labute approximate surface area is 175 Å². The number of nitrogens with two attached hydrogens (primary N) is 1. The molecule has 0 unspecified atom stereocenters.